The van der Waals surface area contributed by atoms with Gasteiger partial charge in [-0.15, -0.1) is 11.8 Å². The van der Waals surface area contributed by atoms with Crippen LogP contribution in [0.5, 0.6) is 0 Å². The molecule has 0 radical (unpaired) electrons. The van der Waals surface area contributed by atoms with Crippen LogP contribution >= 0.6 is 11.8 Å². The number of carbonyl (C=O) groups excluding carboxylic acids is 1. The third kappa shape index (κ3) is 3.44. The summed E-state index contributed by atoms with van der Waals surface area (Å²) in [5.74, 6) is 1.24. The number of anilines is 1. The standard InChI is InChI=1S/C15H16N2O4S2/c1-11(18)17-6-8-22-15-5-4-13(9-14(15)17)23(19,20)16-10-12-3-2-7-21-12/h2-5,7,9,16H,6,8,10H2,1H3. The van der Waals surface area contributed by atoms with Gasteiger partial charge in [0.1, 0.15) is 5.76 Å². The molecule has 122 valence electrons. The van der Waals surface area contributed by atoms with E-state index in [9.17, 15) is 13.2 Å². The summed E-state index contributed by atoms with van der Waals surface area (Å²) < 4.78 is 32.5. The first-order chi connectivity index (χ1) is 11.0. The minimum absolute atomic E-state index is 0.0809. The maximum atomic E-state index is 12.4. The Morgan fingerprint density at radius 3 is 2.91 bits per heavy atom. The van der Waals surface area contributed by atoms with Crippen LogP contribution in [0.3, 0.4) is 0 Å². The Balaban J connectivity index is 1.88. The average molecular weight is 352 g/mol. The molecule has 0 aliphatic carbocycles. The predicted molar refractivity (Wildman–Crippen MR) is 87.9 cm³/mol. The summed E-state index contributed by atoms with van der Waals surface area (Å²) in [5.41, 5.74) is 0.648. The van der Waals surface area contributed by atoms with E-state index < -0.39 is 10.0 Å². The van der Waals surface area contributed by atoms with Crippen LogP contribution in [-0.2, 0) is 21.4 Å². The number of thioether (sulfide) groups is 1. The van der Waals surface area contributed by atoms with Gasteiger partial charge in [0, 0.05) is 24.1 Å². The molecule has 0 unspecified atom stereocenters. The highest BCUT2D eigenvalue weighted by atomic mass is 32.2. The van der Waals surface area contributed by atoms with Gasteiger partial charge in [-0.3, -0.25) is 4.79 Å². The molecule has 23 heavy (non-hydrogen) atoms. The van der Waals surface area contributed by atoms with E-state index in [1.165, 1.54) is 13.2 Å². The molecule has 0 bridgehead atoms. The second-order valence-corrected chi connectivity index (χ2v) is 7.96. The van der Waals surface area contributed by atoms with Crippen LogP contribution in [0.15, 0.2) is 50.8 Å². The van der Waals surface area contributed by atoms with E-state index in [1.54, 1.807) is 47.0 Å². The zero-order chi connectivity index (χ0) is 16.4. The van der Waals surface area contributed by atoms with Crippen LogP contribution in [0.2, 0.25) is 0 Å². The number of hydrogen-bond donors (Lipinski definition) is 1. The van der Waals surface area contributed by atoms with Crippen LogP contribution in [-0.4, -0.2) is 26.6 Å². The molecule has 1 aromatic carbocycles. The molecule has 1 aliphatic rings. The first kappa shape index (κ1) is 16.1. The van der Waals surface area contributed by atoms with E-state index in [0.29, 0.717) is 18.0 Å². The minimum Gasteiger partial charge on any atom is -0.468 e. The van der Waals surface area contributed by atoms with Crippen LogP contribution in [0.4, 0.5) is 5.69 Å². The molecule has 0 saturated carbocycles. The van der Waals surface area contributed by atoms with Crippen LogP contribution in [0, 0.1) is 0 Å². The van der Waals surface area contributed by atoms with Gasteiger partial charge in [0.05, 0.1) is 23.4 Å². The molecule has 8 heteroatoms. The fourth-order valence-electron chi connectivity index (χ4n) is 2.35. The molecule has 1 aliphatic heterocycles. The lowest BCUT2D eigenvalue weighted by molar-refractivity contribution is -0.116. The Labute approximate surface area is 138 Å². The van der Waals surface area contributed by atoms with Crippen molar-refractivity contribution in [2.45, 2.75) is 23.3 Å². The maximum absolute atomic E-state index is 12.4. The van der Waals surface area contributed by atoms with Gasteiger partial charge < -0.3 is 9.32 Å². The quantitative estimate of drug-likeness (QED) is 0.913. The lowest BCUT2D eigenvalue weighted by atomic mass is 10.2. The smallest absolute Gasteiger partial charge is 0.241 e. The largest absolute Gasteiger partial charge is 0.468 e. The van der Waals surface area contributed by atoms with Crippen molar-refractivity contribution < 1.29 is 17.6 Å². The monoisotopic (exact) mass is 352 g/mol. The molecule has 6 nitrogen and oxygen atoms in total. The van der Waals surface area contributed by atoms with Gasteiger partial charge in [0.25, 0.3) is 0 Å². The summed E-state index contributed by atoms with van der Waals surface area (Å²) in [6, 6.07) is 8.25. The highest BCUT2D eigenvalue weighted by Gasteiger charge is 2.24. The predicted octanol–water partition coefficient (Wildman–Crippen LogP) is 2.22. The molecular formula is C15H16N2O4S2. The topological polar surface area (TPSA) is 79.6 Å². The summed E-state index contributed by atoms with van der Waals surface area (Å²) >= 11 is 1.62. The summed E-state index contributed by atoms with van der Waals surface area (Å²) in [7, 11) is -3.68. The lowest BCUT2D eigenvalue weighted by Gasteiger charge is -2.28. The van der Waals surface area contributed by atoms with E-state index in [4.69, 9.17) is 4.42 Å². The van der Waals surface area contributed by atoms with Crippen LogP contribution in [0.1, 0.15) is 12.7 Å². The normalized spacial score (nSPS) is 14.6. The summed E-state index contributed by atoms with van der Waals surface area (Å²) in [6.07, 6.45) is 1.49. The van der Waals surface area contributed by atoms with E-state index in [2.05, 4.69) is 4.72 Å². The Hall–Kier alpha value is -1.77. The summed E-state index contributed by atoms with van der Waals surface area (Å²) in [6.45, 7) is 2.14. The number of furan rings is 1. The molecule has 1 amide bonds. The van der Waals surface area contributed by atoms with Crippen molar-refractivity contribution in [3.8, 4) is 0 Å². The number of hydrogen-bond acceptors (Lipinski definition) is 5. The van der Waals surface area contributed by atoms with Crippen molar-refractivity contribution in [2.24, 2.45) is 0 Å². The van der Waals surface area contributed by atoms with Crippen molar-refractivity contribution in [3.63, 3.8) is 0 Å². The SMILES string of the molecule is CC(=O)N1CCSc2ccc(S(=O)(=O)NCc3ccco3)cc21. The molecule has 3 rings (SSSR count). The Morgan fingerprint density at radius 2 is 2.22 bits per heavy atom. The van der Waals surface area contributed by atoms with E-state index >= 15 is 0 Å². The number of amides is 1. The van der Waals surface area contributed by atoms with Gasteiger partial charge in [-0.1, -0.05) is 0 Å². The molecule has 2 aromatic rings. The number of nitrogens with zero attached hydrogens (tertiary/aromatic N) is 1. The second kappa shape index (κ2) is 6.38. The number of sulfonamides is 1. The highest BCUT2D eigenvalue weighted by molar-refractivity contribution is 7.99. The van der Waals surface area contributed by atoms with E-state index in [-0.39, 0.29) is 17.3 Å². The third-order valence-electron chi connectivity index (χ3n) is 3.50. The number of fused-ring (bicyclic) bond motifs is 1. The molecule has 1 aromatic heterocycles. The number of nitrogens with one attached hydrogen (secondary N) is 1. The fourth-order valence-corrected chi connectivity index (χ4v) is 4.34. The van der Waals surface area contributed by atoms with Crippen molar-refractivity contribution in [3.05, 3.63) is 42.4 Å². The van der Waals surface area contributed by atoms with Crippen molar-refractivity contribution in [1.82, 2.24) is 4.72 Å². The molecule has 0 fully saturated rings. The molecule has 0 spiro atoms. The van der Waals surface area contributed by atoms with Crippen molar-refractivity contribution in [1.29, 1.82) is 0 Å². The van der Waals surface area contributed by atoms with Gasteiger partial charge in [0.15, 0.2) is 0 Å². The highest BCUT2D eigenvalue weighted by Crippen LogP contribution is 2.36. The van der Waals surface area contributed by atoms with E-state index in [1.807, 2.05) is 0 Å². The summed E-state index contributed by atoms with van der Waals surface area (Å²) in [4.78, 5) is 14.4. The van der Waals surface area contributed by atoms with Crippen LogP contribution in [0.25, 0.3) is 0 Å². The zero-order valence-electron chi connectivity index (χ0n) is 12.5. The maximum Gasteiger partial charge on any atom is 0.241 e. The molecule has 0 saturated heterocycles. The first-order valence-corrected chi connectivity index (χ1v) is 9.51. The first-order valence-electron chi connectivity index (χ1n) is 7.04. The van der Waals surface area contributed by atoms with Crippen LogP contribution < -0.4 is 9.62 Å². The molecule has 0 atom stereocenters. The van der Waals surface area contributed by atoms with Gasteiger partial charge >= 0.3 is 0 Å². The molecule has 2 heterocycles. The average Bonchev–Trinajstić information content (AvgIpc) is 3.05. The van der Waals surface area contributed by atoms with E-state index in [0.717, 1.165) is 10.6 Å². The number of carbonyl (C=O) groups is 1. The fraction of sp³-hybridized carbons (Fsp3) is 0.267. The van der Waals surface area contributed by atoms with Crippen molar-refractivity contribution in [2.75, 3.05) is 17.2 Å². The van der Waals surface area contributed by atoms with Crippen molar-refractivity contribution >= 4 is 33.4 Å². The number of benzene rings is 1. The zero-order valence-corrected chi connectivity index (χ0v) is 14.1. The molecule has 1 N–H and O–H groups in total. The second-order valence-electron chi connectivity index (χ2n) is 5.05. The number of rotatable bonds is 4. The van der Waals surface area contributed by atoms with Gasteiger partial charge in [0.2, 0.25) is 15.9 Å². The lowest BCUT2D eigenvalue weighted by Crippen LogP contribution is -2.33. The van der Waals surface area contributed by atoms with Gasteiger partial charge in [-0.2, -0.15) is 0 Å². The Bertz CT molecular complexity index is 816. The Morgan fingerprint density at radius 1 is 1.39 bits per heavy atom. The third-order valence-corrected chi connectivity index (χ3v) is 5.94. The summed E-state index contributed by atoms with van der Waals surface area (Å²) in [5, 5.41) is 0. The Kier molecular flexibility index (Phi) is 4.47. The van der Waals surface area contributed by atoms with Gasteiger partial charge in [-0.05, 0) is 30.3 Å². The minimum atomic E-state index is -3.68. The van der Waals surface area contributed by atoms with Gasteiger partial charge in [-0.25, -0.2) is 13.1 Å². The molecular weight excluding hydrogens is 336 g/mol.